The maximum absolute atomic E-state index is 13.0. The second-order valence-corrected chi connectivity index (χ2v) is 6.74. The molecule has 0 atom stereocenters. The molecule has 144 valence electrons. The maximum Gasteiger partial charge on any atom is 0.294 e. The third-order valence-corrected chi connectivity index (χ3v) is 4.97. The summed E-state index contributed by atoms with van der Waals surface area (Å²) in [4.78, 5) is 31.4. The number of aryl methyl sites for hydroxylation is 1. The van der Waals surface area contributed by atoms with Gasteiger partial charge in [0.05, 0.1) is 7.11 Å². The van der Waals surface area contributed by atoms with Crippen LogP contribution in [0.5, 0.6) is 11.5 Å². The first kappa shape index (κ1) is 18.9. The number of likely N-dealkylation sites (N-methyl/N-ethyl adjacent to an activating group) is 1. The predicted octanol–water partition coefficient (Wildman–Crippen LogP) is 2.73. The van der Waals surface area contributed by atoms with E-state index in [1.807, 2.05) is 0 Å². The number of rotatable bonds is 5. The van der Waals surface area contributed by atoms with Crippen molar-refractivity contribution in [2.24, 2.45) is 0 Å². The van der Waals surface area contributed by atoms with Gasteiger partial charge in [-0.25, -0.2) is 0 Å². The van der Waals surface area contributed by atoms with Gasteiger partial charge >= 0.3 is 0 Å². The zero-order valence-electron chi connectivity index (χ0n) is 15.7. The van der Waals surface area contributed by atoms with Gasteiger partial charge in [-0.3, -0.25) is 9.59 Å². The van der Waals surface area contributed by atoms with Crippen molar-refractivity contribution in [3.63, 3.8) is 0 Å². The molecule has 8 nitrogen and oxygen atoms in total. The fourth-order valence-corrected chi connectivity index (χ4v) is 3.42. The first-order valence-electron chi connectivity index (χ1n) is 8.95. The average molecular weight is 373 g/mol. The Hall–Kier alpha value is -2.90. The predicted molar refractivity (Wildman–Crippen MR) is 96.7 cm³/mol. The van der Waals surface area contributed by atoms with Crippen LogP contribution in [0, 0.1) is 6.92 Å². The summed E-state index contributed by atoms with van der Waals surface area (Å²) in [6, 6.07) is 2.70. The molecule has 0 radical (unpaired) electrons. The molecular formula is C19H23N3O5. The number of carbonyl (C=O) groups excluding carboxylic acids is 2. The Kier molecular flexibility index (Phi) is 5.43. The number of phenolic OH excluding ortho intramolecular Hbond substituents is 1. The highest BCUT2D eigenvalue weighted by molar-refractivity contribution is 6.44. The molecule has 1 heterocycles. The standard InChI is InChI=1S/C19H23N3O5/c1-11-20-18(21-27-11)14-10-16(26-3)15(23)9-13(14)17(24)19(25)22(2)12-7-5-4-6-8-12/h9-10,12,23H,4-8H2,1-3H3. The van der Waals surface area contributed by atoms with E-state index in [-0.39, 0.29) is 34.5 Å². The minimum absolute atomic E-state index is 0.0155. The van der Waals surface area contributed by atoms with Crippen LogP contribution in [-0.4, -0.2) is 52.0 Å². The van der Waals surface area contributed by atoms with Crippen LogP contribution in [0.25, 0.3) is 11.4 Å². The molecule has 1 aliphatic carbocycles. The number of aromatic hydroxyl groups is 1. The highest BCUT2D eigenvalue weighted by atomic mass is 16.5. The van der Waals surface area contributed by atoms with Crippen LogP contribution in [0.1, 0.15) is 48.4 Å². The third-order valence-electron chi connectivity index (χ3n) is 4.97. The number of phenols is 1. The molecule has 1 aromatic heterocycles. The lowest BCUT2D eigenvalue weighted by molar-refractivity contribution is -0.127. The van der Waals surface area contributed by atoms with E-state index < -0.39 is 11.7 Å². The minimum atomic E-state index is -0.724. The topological polar surface area (TPSA) is 106 Å². The number of carbonyl (C=O) groups is 2. The number of nitrogens with zero attached hydrogens (tertiary/aromatic N) is 3. The van der Waals surface area contributed by atoms with Gasteiger partial charge in [-0.1, -0.05) is 24.4 Å². The van der Waals surface area contributed by atoms with Crippen LogP contribution in [0.2, 0.25) is 0 Å². The number of amides is 1. The van der Waals surface area contributed by atoms with Gasteiger partial charge in [-0.15, -0.1) is 0 Å². The van der Waals surface area contributed by atoms with Crippen molar-refractivity contribution in [2.75, 3.05) is 14.2 Å². The zero-order valence-corrected chi connectivity index (χ0v) is 15.7. The quantitative estimate of drug-likeness (QED) is 0.634. The van der Waals surface area contributed by atoms with Crippen LogP contribution in [-0.2, 0) is 4.79 Å². The van der Waals surface area contributed by atoms with E-state index in [4.69, 9.17) is 9.26 Å². The fraction of sp³-hybridized carbons (Fsp3) is 0.474. The second-order valence-electron chi connectivity index (χ2n) is 6.74. The summed E-state index contributed by atoms with van der Waals surface area (Å²) in [5.41, 5.74) is 0.290. The van der Waals surface area contributed by atoms with Crippen molar-refractivity contribution in [3.8, 4) is 22.9 Å². The Bertz CT molecular complexity index is 855. The molecule has 1 amide bonds. The lowest BCUT2D eigenvalue weighted by Crippen LogP contribution is -2.42. The van der Waals surface area contributed by atoms with Gasteiger partial charge in [-0.05, 0) is 25.0 Å². The summed E-state index contributed by atoms with van der Waals surface area (Å²) in [6.45, 7) is 1.62. The number of benzene rings is 1. The monoisotopic (exact) mass is 373 g/mol. The Morgan fingerprint density at radius 3 is 2.56 bits per heavy atom. The molecular weight excluding hydrogens is 350 g/mol. The summed E-state index contributed by atoms with van der Waals surface area (Å²) in [6.07, 6.45) is 5.03. The minimum Gasteiger partial charge on any atom is -0.504 e. The van der Waals surface area contributed by atoms with E-state index in [0.29, 0.717) is 5.89 Å². The Labute approximate surface area is 157 Å². The molecule has 1 aliphatic rings. The smallest absolute Gasteiger partial charge is 0.294 e. The Morgan fingerprint density at radius 2 is 1.96 bits per heavy atom. The summed E-state index contributed by atoms with van der Waals surface area (Å²) >= 11 is 0. The van der Waals surface area contributed by atoms with E-state index in [0.717, 1.165) is 32.1 Å². The van der Waals surface area contributed by atoms with E-state index in [1.54, 1.807) is 14.0 Å². The van der Waals surface area contributed by atoms with E-state index in [2.05, 4.69) is 10.1 Å². The average Bonchev–Trinajstić information content (AvgIpc) is 3.12. The van der Waals surface area contributed by atoms with Crippen molar-refractivity contribution < 1.29 is 24.0 Å². The van der Waals surface area contributed by atoms with Crippen molar-refractivity contribution in [1.82, 2.24) is 15.0 Å². The second kappa shape index (κ2) is 7.77. The number of aromatic nitrogens is 2. The highest BCUT2D eigenvalue weighted by Crippen LogP contribution is 2.34. The number of ketones is 1. The molecule has 0 unspecified atom stereocenters. The van der Waals surface area contributed by atoms with Crippen LogP contribution in [0.3, 0.4) is 0 Å². The van der Waals surface area contributed by atoms with Gasteiger partial charge in [0, 0.05) is 31.1 Å². The molecule has 2 aromatic rings. The van der Waals surface area contributed by atoms with Gasteiger partial charge in [0.1, 0.15) is 0 Å². The Balaban J connectivity index is 1.97. The first-order chi connectivity index (χ1) is 12.9. The van der Waals surface area contributed by atoms with Gasteiger partial charge in [0.2, 0.25) is 11.7 Å². The number of hydrogen-bond acceptors (Lipinski definition) is 7. The van der Waals surface area contributed by atoms with Gasteiger partial charge in [-0.2, -0.15) is 4.98 Å². The van der Waals surface area contributed by atoms with Crippen molar-refractivity contribution in [3.05, 3.63) is 23.6 Å². The van der Waals surface area contributed by atoms with Crippen LogP contribution >= 0.6 is 0 Å². The SMILES string of the molecule is COc1cc(-c2noc(C)n2)c(C(=O)C(=O)N(C)C2CCCCC2)cc1O. The van der Waals surface area contributed by atoms with Gasteiger partial charge in [0.25, 0.3) is 11.7 Å². The summed E-state index contributed by atoms with van der Waals surface area (Å²) < 4.78 is 10.1. The summed E-state index contributed by atoms with van der Waals surface area (Å²) in [7, 11) is 3.04. The molecule has 1 fully saturated rings. The molecule has 1 N–H and O–H groups in total. The maximum atomic E-state index is 13.0. The fourth-order valence-electron chi connectivity index (χ4n) is 3.42. The van der Waals surface area contributed by atoms with Gasteiger partial charge in [0.15, 0.2) is 11.5 Å². The van der Waals surface area contributed by atoms with Crippen LogP contribution in [0.4, 0.5) is 0 Å². The summed E-state index contributed by atoms with van der Waals surface area (Å²) in [5, 5.41) is 13.9. The first-order valence-corrected chi connectivity index (χ1v) is 8.95. The van der Waals surface area contributed by atoms with Crippen LogP contribution < -0.4 is 4.74 Å². The molecule has 1 aromatic carbocycles. The third kappa shape index (κ3) is 3.79. The molecule has 27 heavy (non-hydrogen) atoms. The molecule has 0 bridgehead atoms. The normalized spacial score (nSPS) is 14.8. The zero-order chi connectivity index (χ0) is 19.6. The summed E-state index contributed by atoms with van der Waals surface area (Å²) in [5.74, 6) is -0.954. The molecule has 0 aliphatic heterocycles. The van der Waals surface area contributed by atoms with E-state index in [1.165, 1.54) is 24.1 Å². The van der Waals surface area contributed by atoms with Gasteiger partial charge < -0.3 is 19.3 Å². The molecule has 3 rings (SSSR count). The van der Waals surface area contributed by atoms with Crippen molar-refractivity contribution in [1.29, 1.82) is 0 Å². The lowest BCUT2D eigenvalue weighted by atomic mass is 9.93. The lowest BCUT2D eigenvalue weighted by Gasteiger charge is -2.30. The van der Waals surface area contributed by atoms with Crippen molar-refractivity contribution in [2.45, 2.75) is 45.1 Å². The number of ether oxygens (including phenoxy) is 1. The number of Topliss-reactive ketones (excluding diaryl/α,β-unsaturated/α-hetero) is 1. The molecule has 0 saturated heterocycles. The van der Waals surface area contributed by atoms with Crippen molar-refractivity contribution >= 4 is 11.7 Å². The largest absolute Gasteiger partial charge is 0.504 e. The molecule has 0 spiro atoms. The number of hydrogen-bond donors (Lipinski definition) is 1. The van der Waals surface area contributed by atoms with Crippen LogP contribution in [0.15, 0.2) is 16.7 Å². The molecule has 1 saturated carbocycles. The van der Waals surface area contributed by atoms with E-state index >= 15 is 0 Å². The highest BCUT2D eigenvalue weighted by Gasteiger charge is 2.30. The Morgan fingerprint density at radius 1 is 1.26 bits per heavy atom. The van der Waals surface area contributed by atoms with E-state index in [9.17, 15) is 14.7 Å². The molecule has 8 heteroatoms. The number of methoxy groups -OCH3 is 1.